The lowest BCUT2D eigenvalue weighted by atomic mass is 10.4. The fraction of sp³-hybridized carbons (Fsp3) is 0.750. The first-order valence-corrected chi connectivity index (χ1v) is 4.58. The van der Waals surface area contributed by atoms with Crippen LogP contribution in [0.3, 0.4) is 0 Å². The van der Waals surface area contributed by atoms with Crippen LogP contribution in [0.4, 0.5) is 4.79 Å². The number of primary amides is 1. The van der Waals surface area contributed by atoms with E-state index in [0.717, 1.165) is 6.42 Å². The Labute approximate surface area is 82.3 Å². The van der Waals surface area contributed by atoms with Crippen LogP contribution < -0.4 is 5.73 Å². The molecule has 3 N–H and O–H groups in total. The minimum absolute atomic E-state index is 0.0343. The third-order valence-electron chi connectivity index (χ3n) is 2.26. The Morgan fingerprint density at radius 2 is 1.93 bits per heavy atom. The molecule has 1 aliphatic heterocycles. The van der Waals surface area contributed by atoms with E-state index in [0.29, 0.717) is 26.2 Å². The van der Waals surface area contributed by atoms with Crippen LogP contribution in [0.5, 0.6) is 0 Å². The second-order valence-corrected chi connectivity index (χ2v) is 3.35. The number of carboxylic acids is 1. The number of hydrogen-bond donors (Lipinski definition) is 2. The maximum Gasteiger partial charge on any atom is 0.317 e. The van der Waals surface area contributed by atoms with Crippen molar-refractivity contribution in [3.05, 3.63) is 0 Å². The Bertz CT molecular complexity index is 232. The number of carbonyl (C=O) groups is 2. The number of urea groups is 1. The highest BCUT2D eigenvalue weighted by Crippen LogP contribution is 2.02. The Kier molecular flexibility index (Phi) is 3.70. The van der Waals surface area contributed by atoms with Crippen molar-refractivity contribution in [1.29, 1.82) is 0 Å². The van der Waals surface area contributed by atoms with Gasteiger partial charge < -0.3 is 15.7 Å². The molecule has 1 saturated heterocycles. The van der Waals surface area contributed by atoms with Gasteiger partial charge in [0.1, 0.15) is 0 Å². The van der Waals surface area contributed by atoms with Crippen molar-refractivity contribution >= 4 is 12.0 Å². The molecule has 0 aliphatic carbocycles. The van der Waals surface area contributed by atoms with E-state index in [4.69, 9.17) is 10.8 Å². The summed E-state index contributed by atoms with van der Waals surface area (Å²) >= 11 is 0. The number of nitrogens with zero attached hydrogens (tertiary/aromatic N) is 2. The molecule has 80 valence electrons. The molecule has 6 heteroatoms. The summed E-state index contributed by atoms with van der Waals surface area (Å²) in [6.45, 7) is 2.45. The molecule has 2 amide bonds. The van der Waals surface area contributed by atoms with Crippen molar-refractivity contribution in [2.75, 3.05) is 32.7 Å². The number of amides is 2. The highest BCUT2D eigenvalue weighted by Gasteiger charge is 2.18. The summed E-state index contributed by atoms with van der Waals surface area (Å²) < 4.78 is 0. The summed E-state index contributed by atoms with van der Waals surface area (Å²) in [6, 6.07) is -0.429. The van der Waals surface area contributed by atoms with Crippen molar-refractivity contribution in [3.63, 3.8) is 0 Å². The van der Waals surface area contributed by atoms with Crippen LogP contribution in [-0.2, 0) is 4.79 Å². The predicted molar refractivity (Wildman–Crippen MR) is 49.8 cm³/mol. The minimum atomic E-state index is -0.836. The second-order valence-electron chi connectivity index (χ2n) is 3.35. The predicted octanol–water partition coefficient (Wildman–Crippen LogP) is -0.843. The summed E-state index contributed by atoms with van der Waals surface area (Å²) in [5.41, 5.74) is 5.14. The van der Waals surface area contributed by atoms with Gasteiger partial charge in [-0.1, -0.05) is 0 Å². The monoisotopic (exact) mass is 201 g/mol. The summed E-state index contributed by atoms with van der Waals surface area (Å²) in [5.74, 6) is -0.836. The standard InChI is InChI=1S/C8H15N3O3/c9-8(14)11-3-1-2-10(4-5-11)6-7(12)13/h1-6H2,(H2,9,14)(H,12,13). The Morgan fingerprint density at radius 3 is 2.50 bits per heavy atom. The number of carboxylic acid groups (broad SMARTS) is 1. The zero-order chi connectivity index (χ0) is 10.6. The van der Waals surface area contributed by atoms with Crippen LogP contribution in [0.1, 0.15) is 6.42 Å². The van der Waals surface area contributed by atoms with Gasteiger partial charge >= 0.3 is 12.0 Å². The molecule has 14 heavy (non-hydrogen) atoms. The molecule has 1 aliphatic rings. The van der Waals surface area contributed by atoms with Gasteiger partial charge in [0.25, 0.3) is 0 Å². The molecular weight excluding hydrogens is 186 g/mol. The Balaban J connectivity index is 2.40. The van der Waals surface area contributed by atoms with Crippen LogP contribution in [0.25, 0.3) is 0 Å². The van der Waals surface area contributed by atoms with Crippen LogP contribution in [-0.4, -0.2) is 59.6 Å². The summed E-state index contributed by atoms with van der Waals surface area (Å²) in [6.07, 6.45) is 0.774. The van der Waals surface area contributed by atoms with Crippen LogP contribution in [0, 0.1) is 0 Å². The lowest BCUT2D eigenvalue weighted by Crippen LogP contribution is -2.39. The quantitative estimate of drug-likeness (QED) is 0.609. The molecule has 0 saturated carbocycles. The van der Waals surface area contributed by atoms with E-state index < -0.39 is 12.0 Å². The Hall–Kier alpha value is -1.30. The maximum absolute atomic E-state index is 10.8. The molecule has 1 heterocycles. The first kappa shape index (κ1) is 10.8. The lowest BCUT2D eigenvalue weighted by molar-refractivity contribution is -0.138. The highest BCUT2D eigenvalue weighted by atomic mass is 16.4. The number of rotatable bonds is 2. The molecule has 0 bridgehead atoms. The Morgan fingerprint density at radius 1 is 1.21 bits per heavy atom. The fourth-order valence-electron chi connectivity index (χ4n) is 1.54. The molecule has 0 spiro atoms. The van der Waals surface area contributed by atoms with E-state index in [-0.39, 0.29) is 6.54 Å². The molecular formula is C8H15N3O3. The zero-order valence-corrected chi connectivity index (χ0v) is 7.98. The van der Waals surface area contributed by atoms with Gasteiger partial charge in [0, 0.05) is 26.2 Å². The van der Waals surface area contributed by atoms with Crippen molar-refractivity contribution in [2.45, 2.75) is 6.42 Å². The SMILES string of the molecule is NC(=O)N1CCCN(CC(=O)O)CC1. The van der Waals surface area contributed by atoms with E-state index in [2.05, 4.69) is 0 Å². The summed E-state index contributed by atoms with van der Waals surface area (Å²) in [5, 5.41) is 8.59. The third kappa shape index (κ3) is 3.21. The van der Waals surface area contributed by atoms with Gasteiger partial charge in [0.15, 0.2) is 0 Å². The minimum Gasteiger partial charge on any atom is -0.480 e. The van der Waals surface area contributed by atoms with Gasteiger partial charge in [-0.05, 0) is 6.42 Å². The number of hydrogen-bond acceptors (Lipinski definition) is 3. The molecule has 0 aromatic carbocycles. The van der Waals surface area contributed by atoms with Gasteiger partial charge in [-0.15, -0.1) is 0 Å². The maximum atomic E-state index is 10.8. The van der Waals surface area contributed by atoms with Crippen LogP contribution in [0.15, 0.2) is 0 Å². The molecule has 0 unspecified atom stereocenters. The van der Waals surface area contributed by atoms with E-state index in [1.807, 2.05) is 4.90 Å². The summed E-state index contributed by atoms with van der Waals surface area (Å²) in [4.78, 5) is 24.7. The molecule has 0 aromatic rings. The van der Waals surface area contributed by atoms with Gasteiger partial charge in [0.05, 0.1) is 6.54 Å². The summed E-state index contributed by atoms with van der Waals surface area (Å²) in [7, 11) is 0. The third-order valence-corrected chi connectivity index (χ3v) is 2.26. The molecule has 0 radical (unpaired) electrons. The van der Waals surface area contributed by atoms with E-state index in [9.17, 15) is 9.59 Å². The van der Waals surface area contributed by atoms with Crippen LogP contribution in [0.2, 0.25) is 0 Å². The van der Waals surface area contributed by atoms with Gasteiger partial charge in [-0.25, -0.2) is 4.79 Å². The van der Waals surface area contributed by atoms with Crippen molar-refractivity contribution < 1.29 is 14.7 Å². The highest BCUT2D eigenvalue weighted by molar-refractivity contribution is 5.72. The van der Waals surface area contributed by atoms with Gasteiger partial charge in [-0.3, -0.25) is 9.69 Å². The fourth-order valence-corrected chi connectivity index (χ4v) is 1.54. The number of nitrogens with two attached hydrogens (primary N) is 1. The first-order valence-electron chi connectivity index (χ1n) is 4.58. The van der Waals surface area contributed by atoms with E-state index in [1.54, 1.807) is 4.90 Å². The smallest absolute Gasteiger partial charge is 0.317 e. The second kappa shape index (κ2) is 4.80. The zero-order valence-electron chi connectivity index (χ0n) is 7.98. The van der Waals surface area contributed by atoms with Crippen LogP contribution >= 0.6 is 0 Å². The van der Waals surface area contributed by atoms with E-state index >= 15 is 0 Å². The molecule has 1 rings (SSSR count). The topological polar surface area (TPSA) is 86.9 Å². The van der Waals surface area contributed by atoms with Crippen molar-refractivity contribution in [1.82, 2.24) is 9.80 Å². The average molecular weight is 201 g/mol. The molecule has 6 nitrogen and oxygen atoms in total. The molecule has 0 atom stereocenters. The number of carbonyl (C=O) groups excluding carboxylic acids is 1. The first-order chi connectivity index (χ1) is 6.59. The van der Waals surface area contributed by atoms with E-state index in [1.165, 1.54) is 0 Å². The number of aliphatic carboxylic acids is 1. The lowest BCUT2D eigenvalue weighted by Gasteiger charge is -2.18. The van der Waals surface area contributed by atoms with Crippen molar-refractivity contribution in [2.24, 2.45) is 5.73 Å². The normalized spacial score (nSPS) is 19.0. The van der Waals surface area contributed by atoms with Gasteiger partial charge in [-0.2, -0.15) is 0 Å². The average Bonchev–Trinajstić information content (AvgIpc) is 2.28. The molecule has 0 aromatic heterocycles. The van der Waals surface area contributed by atoms with Gasteiger partial charge in [0.2, 0.25) is 0 Å². The largest absolute Gasteiger partial charge is 0.480 e. The molecule has 1 fully saturated rings. The van der Waals surface area contributed by atoms with Crippen molar-refractivity contribution in [3.8, 4) is 0 Å².